The molecule has 0 atom stereocenters. The molecule has 0 aliphatic rings. The third-order valence-corrected chi connectivity index (χ3v) is 2.13. The molecule has 0 aliphatic carbocycles. The highest BCUT2D eigenvalue weighted by atomic mass is 35.5. The second kappa shape index (κ2) is 3.74. The van der Waals surface area contributed by atoms with Crippen LogP contribution in [0, 0.1) is 0 Å². The van der Waals surface area contributed by atoms with Crippen LogP contribution >= 0.6 is 11.6 Å². The van der Waals surface area contributed by atoms with Crippen LogP contribution in [0.4, 0.5) is 0 Å². The highest BCUT2D eigenvalue weighted by Crippen LogP contribution is 2.25. The Balaban J connectivity index is 2.54. The molecule has 0 saturated heterocycles. The maximum absolute atomic E-state index is 11.0. The average Bonchev–Trinajstić information content (AvgIpc) is 2.65. The summed E-state index contributed by atoms with van der Waals surface area (Å²) in [7, 11) is 0. The van der Waals surface area contributed by atoms with Crippen molar-refractivity contribution in [3.63, 3.8) is 0 Å². The number of hydrogen-bond acceptors (Lipinski definition) is 3. The van der Waals surface area contributed by atoms with Gasteiger partial charge in [0.25, 0.3) is 5.91 Å². The zero-order valence-corrected chi connectivity index (χ0v) is 8.36. The molecule has 0 unspecified atom stereocenters. The van der Waals surface area contributed by atoms with Gasteiger partial charge >= 0.3 is 0 Å². The van der Waals surface area contributed by atoms with Gasteiger partial charge in [-0.3, -0.25) is 4.79 Å². The molecule has 0 aliphatic heterocycles. The van der Waals surface area contributed by atoms with Gasteiger partial charge in [0.05, 0.1) is 6.26 Å². The predicted octanol–water partition coefficient (Wildman–Crippen LogP) is 2.09. The number of nitrogens with zero attached hydrogens (tertiary/aromatic N) is 1. The van der Waals surface area contributed by atoms with E-state index in [0.717, 1.165) is 5.56 Å². The largest absolute Gasteiger partial charge is 0.459 e. The fraction of sp³-hybridized carbons (Fsp3) is 0. The van der Waals surface area contributed by atoms with Crippen LogP contribution in [0.25, 0.3) is 11.1 Å². The molecule has 5 heteroatoms. The smallest absolute Gasteiger partial charge is 0.285 e. The minimum atomic E-state index is -0.608. The highest BCUT2D eigenvalue weighted by Gasteiger charge is 2.13. The molecule has 4 nitrogen and oxygen atoms in total. The van der Waals surface area contributed by atoms with E-state index in [1.807, 2.05) is 0 Å². The van der Waals surface area contributed by atoms with Crippen LogP contribution in [0.3, 0.4) is 0 Å². The topological polar surface area (TPSA) is 69.1 Å². The Bertz CT molecular complexity index is 508. The van der Waals surface area contributed by atoms with Gasteiger partial charge in [0.1, 0.15) is 5.15 Å². The zero-order valence-electron chi connectivity index (χ0n) is 7.61. The normalized spacial score (nSPS) is 10.2. The first-order chi connectivity index (χ1) is 7.18. The number of rotatable bonds is 2. The summed E-state index contributed by atoms with van der Waals surface area (Å²) >= 11 is 5.74. The number of primary amides is 1. The number of pyridine rings is 1. The number of halogens is 1. The molecule has 1 amide bonds. The Labute approximate surface area is 90.7 Å². The van der Waals surface area contributed by atoms with Crippen molar-refractivity contribution in [2.45, 2.75) is 0 Å². The van der Waals surface area contributed by atoms with Crippen molar-refractivity contribution < 1.29 is 9.21 Å². The van der Waals surface area contributed by atoms with Crippen molar-refractivity contribution in [3.05, 3.63) is 41.6 Å². The second-order valence-corrected chi connectivity index (χ2v) is 3.28. The van der Waals surface area contributed by atoms with Crippen LogP contribution in [-0.4, -0.2) is 10.9 Å². The van der Waals surface area contributed by atoms with E-state index in [9.17, 15) is 4.79 Å². The summed E-state index contributed by atoms with van der Waals surface area (Å²) in [5, 5.41) is 0.351. The molecule has 0 spiro atoms. The zero-order chi connectivity index (χ0) is 10.8. The maximum Gasteiger partial charge on any atom is 0.285 e. The number of nitrogens with two attached hydrogens (primary N) is 1. The second-order valence-electron chi connectivity index (χ2n) is 2.89. The first-order valence-electron chi connectivity index (χ1n) is 4.17. The third kappa shape index (κ3) is 1.85. The highest BCUT2D eigenvalue weighted by molar-refractivity contribution is 6.29. The Morgan fingerprint density at radius 1 is 1.47 bits per heavy atom. The fourth-order valence-electron chi connectivity index (χ4n) is 1.30. The monoisotopic (exact) mass is 222 g/mol. The molecule has 2 aromatic heterocycles. The van der Waals surface area contributed by atoms with Crippen LogP contribution in [-0.2, 0) is 0 Å². The summed E-state index contributed by atoms with van der Waals surface area (Å²) in [6.07, 6.45) is 2.96. The van der Waals surface area contributed by atoms with Gasteiger partial charge in [0.2, 0.25) is 0 Å². The molecule has 2 aromatic rings. The van der Waals surface area contributed by atoms with Crippen molar-refractivity contribution in [2.24, 2.45) is 5.73 Å². The van der Waals surface area contributed by atoms with E-state index in [2.05, 4.69) is 4.98 Å². The minimum Gasteiger partial charge on any atom is -0.459 e. The predicted molar refractivity (Wildman–Crippen MR) is 55.5 cm³/mol. The fourth-order valence-corrected chi connectivity index (χ4v) is 1.47. The first-order valence-corrected chi connectivity index (χ1v) is 4.55. The lowest BCUT2D eigenvalue weighted by Crippen LogP contribution is -2.10. The summed E-state index contributed by atoms with van der Waals surface area (Å²) in [6.45, 7) is 0. The van der Waals surface area contributed by atoms with Crippen molar-refractivity contribution in [1.29, 1.82) is 0 Å². The van der Waals surface area contributed by atoms with E-state index < -0.39 is 5.91 Å². The van der Waals surface area contributed by atoms with Crippen LogP contribution in [0.15, 0.2) is 35.1 Å². The lowest BCUT2D eigenvalue weighted by molar-refractivity contribution is 0.0975. The summed E-state index contributed by atoms with van der Waals surface area (Å²) in [5.74, 6) is -0.486. The number of carbonyl (C=O) groups excluding carboxylic acids is 1. The Morgan fingerprint density at radius 2 is 2.27 bits per heavy atom. The molecule has 2 heterocycles. The molecule has 0 fully saturated rings. The van der Waals surface area contributed by atoms with Crippen LogP contribution in [0.5, 0.6) is 0 Å². The Kier molecular flexibility index (Phi) is 2.43. The van der Waals surface area contributed by atoms with Crippen LogP contribution in [0.2, 0.25) is 5.15 Å². The average molecular weight is 223 g/mol. The summed E-state index contributed by atoms with van der Waals surface area (Å²) in [5.41, 5.74) is 6.52. The molecule has 0 saturated carbocycles. The SMILES string of the molecule is NC(=O)c1occc1-c1ccnc(Cl)c1. The quantitative estimate of drug-likeness (QED) is 0.791. The molecular weight excluding hydrogens is 216 g/mol. The summed E-state index contributed by atoms with van der Waals surface area (Å²) in [6, 6.07) is 5.02. The van der Waals surface area contributed by atoms with Gasteiger partial charge in [-0.05, 0) is 23.8 Å². The van der Waals surface area contributed by atoms with Crippen molar-refractivity contribution in [2.75, 3.05) is 0 Å². The van der Waals surface area contributed by atoms with Gasteiger partial charge in [-0.15, -0.1) is 0 Å². The number of furan rings is 1. The summed E-state index contributed by atoms with van der Waals surface area (Å²) < 4.78 is 4.98. The molecule has 0 aromatic carbocycles. The number of aromatic nitrogens is 1. The van der Waals surface area contributed by atoms with Gasteiger partial charge in [0, 0.05) is 11.8 Å². The van der Waals surface area contributed by atoms with Gasteiger partial charge in [-0.2, -0.15) is 0 Å². The van der Waals surface area contributed by atoms with Crippen molar-refractivity contribution in [3.8, 4) is 11.1 Å². The number of amides is 1. The van der Waals surface area contributed by atoms with Crippen LogP contribution in [0.1, 0.15) is 10.6 Å². The lowest BCUT2D eigenvalue weighted by atomic mass is 10.1. The standard InChI is InChI=1S/C10H7ClN2O2/c11-8-5-6(1-3-13-8)7-2-4-15-9(7)10(12)14/h1-5H,(H2,12,14). The molecule has 2 rings (SSSR count). The van der Waals surface area contributed by atoms with E-state index in [4.69, 9.17) is 21.8 Å². The summed E-state index contributed by atoms with van der Waals surface area (Å²) in [4.78, 5) is 14.9. The maximum atomic E-state index is 11.0. The number of carbonyl (C=O) groups is 1. The van der Waals surface area contributed by atoms with Crippen molar-refractivity contribution in [1.82, 2.24) is 4.98 Å². The number of hydrogen-bond donors (Lipinski definition) is 1. The molecule has 2 N–H and O–H groups in total. The van der Waals surface area contributed by atoms with Gasteiger partial charge in [-0.25, -0.2) is 4.98 Å². The minimum absolute atomic E-state index is 0.122. The van der Waals surface area contributed by atoms with E-state index in [0.29, 0.717) is 10.7 Å². The third-order valence-electron chi connectivity index (χ3n) is 1.93. The Morgan fingerprint density at radius 3 is 2.93 bits per heavy atom. The van der Waals surface area contributed by atoms with Crippen LogP contribution < -0.4 is 5.73 Å². The van der Waals surface area contributed by atoms with E-state index in [1.54, 1.807) is 24.4 Å². The first kappa shape index (κ1) is 9.73. The lowest BCUT2D eigenvalue weighted by Gasteiger charge is -1.99. The molecule has 15 heavy (non-hydrogen) atoms. The molecule has 0 radical (unpaired) electrons. The van der Waals surface area contributed by atoms with E-state index >= 15 is 0 Å². The molecule has 0 bridgehead atoms. The van der Waals surface area contributed by atoms with E-state index in [-0.39, 0.29) is 5.76 Å². The van der Waals surface area contributed by atoms with E-state index in [1.165, 1.54) is 6.26 Å². The Hall–Kier alpha value is -1.81. The molecule has 76 valence electrons. The molecular formula is C10H7ClN2O2. The van der Waals surface area contributed by atoms with Gasteiger partial charge in [0.15, 0.2) is 5.76 Å². The van der Waals surface area contributed by atoms with Crippen molar-refractivity contribution >= 4 is 17.5 Å². The van der Waals surface area contributed by atoms with Gasteiger partial charge in [-0.1, -0.05) is 11.6 Å². The van der Waals surface area contributed by atoms with Gasteiger partial charge < -0.3 is 10.2 Å².